The molecule has 1 aromatic rings. The lowest BCUT2D eigenvalue weighted by Crippen LogP contribution is -2.41. The minimum absolute atomic E-state index is 0.226. The quantitative estimate of drug-likeness (QED) is 0.885. The van der Waals surface area contributed by atoms with Gasteiger partial charge in [0.05, 0.1) is 12.6 Å². The van der Waals surface area contributed by atoms with Gasteiger partial charge in [0, 0.05) is 18.9 Å². The third kappa shape index (κ3) is 2.67. The highest BCUT2D eigenvalue weighted by atomic mass is 16.3. The van der Waals surface area contributed by atoms with Gasteiger partial charge in [-0.3, -0.25) is 0 Å². The van der Waals surface area contributed by atoms with Crippen molar-refractivity contribution in [2.75, 3.05) is 13.1 Å². The Balaban J connectivity index is 1.74. The number of aromatic nitrogens is 3. The van der Waals surface area contributed by atoms with Gasteiger partial charge >= 0.3 is 0 Å². The molecule has 0 amide bonds. The number of rotatable bonds is 3. The largest absolute Gasteiger partial charge is 0.391 e. The van der Waals surface area contributed by atoms with E-state index in [0.717, 1.165) is 37.5 Å². The summed E-state index contributed by atoms with van der Waals surface area (Å²) in [6.45, 7) is 5.25. The predicted octanol–water partition coefficient (Wildman–Crippen LogP) is 1.00. The third-order valence-corrected chi connectivity index (χ3v) is 4.57. The van der Waals surface area contributed by atoms with Gasteiger partial charge in [-0.25, -0.2) is 0 Å². The topological polar surface area (TPSA) is 54.2 Å². The highest BCUT2D eigenvalue weighted by Crippen LogP contribution is 2.22. The fourth-order valence-electron chi connectivity index (χ4n) is 3.44. The summed E-state index contributed by atoms with van der Waals surface area (Å²) in [4.78, 5) is 2.56. The van der Waals surface area contributed by atoms with Crippen LogP contribution in [0.2, 0.25) is 0 Å². The van der Waals surface area contributed by atoms with Gasteiger partial charge in [-0.05, 0) is 32.4 Å². The number of likely N-dealkylation sites (tertiary alicyclic amines) is 1. The number of likely N-dealkylation sites (N-methyl/N-ethyl adjacent to an activating group) is 1. The van der Waals surface area contributed by atoms with Crippen LogP contribution in [0.1, 0.15) is 44.3 Å². The summed E-state index contributed by atoms with van der Waals surface area (Å²) in [5.41, 5.74) is 0. The van der Waals surface area contributed by atoms with Crippen molar-refractivity contribution in [3.8, 4) is 0 Å². The van der Waals surface area contributed by atoms with Crippen LogP contribution in [0.25, 0.3) is 0 Å². The van der Waals surface area contributed by atoms with Crippen LogP contribution in [0.5, 0.6) is 0 Å². The van der Waals surface area contributed by atoms with Crippen molar-refractivity contribution >= 4 is 0 Å². The van der Waals surface area contributed by atoms with Crippen LogP contribution in [0.15, 0.2) is 0 Å². The average Bonchev–Trinajstić information content (AvgIpc) is 2.82. The molecular formula is C14H24N4O. The second-order valence-electron chi connectivity index (χ2n) is 5.82. The van der Waals surface area contributed by atoms with Crippen LogP contribution < -0.4 is 0 Å². The SMILES string of the molecule is CCN1CCCCC1Cc1nnc2n1CC(O)CC2. The Kier molecular flexibility index (Phi) is 3.84. The van der Waals surface area contributed by atoms with Crippen molar-refractivity contribution in [2.24, 2.45) is 0 Å². The molecule has 0 aromatic carbocycles. The number of hydrogen-bond donors (Lipinski definition) is 1. The van der Waals surface area contributed by atoms with Gasteiger partial charge in [0.25, 0.3) is 0 Å². The highest BCUT2D eigenvalue weighted by Gasteiger charge is 2.26. The van der Waals surface area contributed by atoms with Crippen molar-refractivity contribution in [1.29, 1.82) is 0 Å². The number of hydrogen-bond acceptors (Lipinski definition) is 4. The zero-order valence-electron chi connectivity index (χ0n) is 11.8. The lowest BCUT2D eigenvalue weighted by Gasteiger charge is -2.34. The predicted molar refractivity (Wildman–Crippen MR) is 72.9 cm³/mol. The van der Waals surface area contributed by atoms with Crippen LogP contribution in [0, 0.1) is 0 Å². The zero-order valence-corrected chi connectivity index (χ0v) is 11.8. The molecule has 2 aliphatic rings. The van der Waals surface area contributed by atoms with E-state index in [0.29, 0.717) is 12.6 Å². The standard InChI is InChI=1S/C14H24N4O/c1-2-17-8-4-3-5-11(17)9-14-16-15-13-7-6-12(19)10-18(13)14/h11-12,19H,2-10H2,1H3. The number of aryl methyl sites for hydroxylation is 1. The van der Waals surface area contributed by atoms with E-state index >= 15 is 0 Å². The molecule has 2 atom stereocenters. The molecule has 0 radical (unpaired) electrons. The Hall–Kier alpha value is -0.940. The lowest BCUT2D eigenvalue weighted by molar-refractivity contribution is 0.125. The van der Waals surface area contributed by atoms with Crippen LogP contribution in [-0.2, 0) is 19.4 Å². The molecular weight excluding hydrogens is 240 g/mol. The van der Waals surface area contributed by atoms with E-state index in [9.17, 15) is 5.11 Å². The Morgan fingerprint density at radius 2 is 2.16 bits per heavy atom. The van der Waals surface area contributed by atoms with Crippen molar-refractivity contribution in [3.63, 3.8) is 0 Å². The van der Waals surface area contributed by atoms with Crippen molar-refractivity contribution in [1.82, 2.24) is 19.7 Å². The molecule has 1 N–H and O–H groups in total. The van der Waals surface area contributed by atoms with Crippen molar-refractivity contribution in [2.45, 2.75) is 64.1 Å². The van der Waals surface area contributed by atoms with E-state index in [4.69, 9.17) is 0 Å². The Morgan fingerprint density at radius 3 is 3.00 bits per heavy atom. The summed E-state index contributed by atoms with van der Waals surface area (Å²) in [7, 11) is 0. The maximum absolute atomic E-state index is 9.82. The number of aliphatic hydroxyl groups is 1. The molecule has 0 bridgehead atoms. The van der Waals surface area contributed by atoms with Gasteiger partial charge in [-0.15, -0.1) is 10.2 Å². The summed E-state index contributed by atoms with van der Waals surface area (Å²) < 4.78 is 2.15. The Bertz CT molecular complexity index is 431. The molecule has 5 heteroatoms. The molecule has 5 nitrogen and oxygen atoms in total. The van der Waals surface area contributed by atoms with Crippen molar-refractivity contribution < 1.29 is 5.11 Å². The molecule has 3 rings (SSSR count). The number of aliphatic hydroxyl groups excluding tert-OH is 1. The maximum atomic E-state index is 9.82. The summed E-state index contributed by atoms with van der Waals surface area (Å²) >= 11 is 0. The first-order valence-electron chi connectivity index (χ1n) is 7.61. The lowest BCUT2D eigenvalue weighted by atomic mass is 9.99. The van der Waals surface area contributed by atoms with Crippen molar-refractivity contribution in [3.05, 3.63) is 11.6 Å². The molecule has 0 aliphatic carbocycles. The first-order chi connectivity index (χ1) is 9.28. The normalized spacial score (nSPS) is 28.3. The fourth-order valence-corrected chi connectivity index (χ4v) is 3.44. The van der Waals surface area contributed by atoms with Gasteiger partial charge < -0.3 is 14.6 Å². The second kappa shape index (κ2) is 5.59. The first kappa shape index (κ1) is 13.1. The van der Waals surface area contributed by atoms with E-state index < -0.39 is 0 Å². The maximum Gasteiger partial charge on any atom is 0.134 e. The van der Waals surface area contributed by atoms with E-state index in [1.54, 1.807) is 0 Å². The molecule has 19 heavy (non-hydrogen) atoms. The third-order valence-electron chi connectivity index (χ3n) is 4.57. The van der Waals surface area contributed by atoms with E-state index in [1.807, 2.05) is 0 Å². The molecule has 1 saturated heterocycles. The zero-order chi connectivity index (χ0) is 13.2. The minimum atomic E-state index is -0.226. The molecule has 106 valence electrons. The average molecular weight is 264 g/mol. The molecule has 3 heterocycles. The van der Waals surface area contributed by atoms with Crippen LogP contribution in [-0.4, -0.2) is 50.0 Å². The van der Waals surface area contributed by atoms with Crippen LogP contribution in [0.4, 0.5) is 0 Å². The van der Waals surface area contributed by atoms with Crippen LogP contribution >= 0.6 is 0 Å². The number of fused-ring (bicyclic) bond motifs is 1. The van der Waals surface area contributed by atoms with Gasteiger partial charge in [-0.2, -0.15) is 0 Å². The number of piperidine rings is 1. The summed E-state index contributed by atoms with van der Waals surface area (Å²) in [6.07, 6.45) is 6.34. The molecule has 1 aromatic heterocycles. The Morgan fingerprint density at radius 1 is 1.26 bits per heavy atom. The van der Waals surface area contributed by atoms with Crippen LogP contribution in [0.3, 0.4) is 0 Å². The molecule has 1 fully saturated rings. The first-order valence-corrected chi connectivity index (χ1v) is 7.61. The monoisotopic (exact) mass is 264 g/mol. The van der Waals surface area contributed by atoms with Gasteiger partial charge in [-0.1, -0.05) is 13.3 Å². The van der Waals surface area contributed by atoms with Gasteiger partial charge in [0.1, 0.15) is 11.6 Å². The van der Waals surface area contributed by atoms with E-state index in [2.05, 4.69) is 26.6 Å². The number of nitrogens with zero attached hydrogens (tertiary/aromatic N) is 4. The Labute approximate surface area is 114 Å². The summed E-state index contributed by atoms with van der Waals surface area (Å²) in [5, 5.41) is 18.5. The molecule has 2 unspecified atom stereocenters. The second-order valence-corrected chi connectivity index (χ2v) is 5.82. The fraction of sp³-hybridized carbons (Fsp3) is 0.857. The van der Waals surface area contributed by atoms with Gasteiger partial charge in [0.15, 0.2) is 0 Å². The smallest absolute Gasteiger partial charge is 0.134 e. The minimum Gasteiger partial charge on any atom is -0.391 e. The summed E-state index contributed by atoms with van der Waals surface area (Å²) in [6, 6.07) is 0.603. The molecule has 0 spiro atoms. The molecule has 0 saturated carbocycles. The molecule has 2 aliphatic heterocycles. The summed E-state index contributed by atoms with van der Waals surface area (Å²) in [5.74, 6) is 2.12. The van der Waals surface area contributed by atoms with E-state index in [-0.39, 0.29) is 6.10 Å². The van der Waals surface area contributed by atoms with Gasteiger partial charge in [0.2, 0.25) is 0 Å². The van der Waals surface area contributed by atoms with E-state index in [1.165, 1.54) is 25.8 Å². The highest BCUT2D eigenvalue weighted by molar-refractivity contribution is 5.02.